The summed E-state index contributed by atoms with van der Waals surface area (Å²) in [4.78, 5) is 43.4. The van der Waals surface area contributed by atoms with Crippen LogP contribution in [0.15, 0.2) is 23.2 Å². The van der Waals surface area contributed by atoms with Crippen LogP contribution in [-0.4, -0.2) is 75.8 Å². The summed E-state index contributed by atoms with van der Waals surface area (Å²) >= 11 is 0. The molecule has 0 saturated carbocycles. The lowest BCUT2D eigenvalue weighted by atomic mass is 9.95. The first-order chi connectivity index (χ1) is 16.8. The summed E-state index contributed by atoms with van der Waals surface area (Å²) in [6.45, 7) is 6.34. The Bertz CT molecular complexity index is 942. The second-order valence-electron chi connectivity index (χ2n) is 8.93. The summed E-state index contributed by atoms with van der Waals surface area (Å²) in [5.41, 5.74) is 9.03. The number of anilines is 2. The lowest BCUT2D eigenvalue weighted by molar-refractivity contribution is -0.143. The Labute approximate surface area is 205 Å². The number of carbonyl (C=O) groups is 3. The fourth-order valence-electron chi connectivity index (χ4n) is 4.20. The molecular weight excluding hydrogens is 452 g/mol. The van der Waals surface area contributed by atoms with Gasteiger partial charge in [-0.3, -0.25) is 9.79 Å². The zero-order valence-electron chi connectivity index (χ0n) is 20.6. The Morgan fingerprint density at radius 2 is 2.00 bits per heavy atom. The van der Waals surface area contributed by atoms with Gasteiger partial charge in [0.2, 0.25) is 5.91 Å². The van der Waals surface area contributed by atoms with E-state index in [1.807, 2.05) is 18.2 Å². The van der Waals surface area contributed by atoms with Gasteiger partial charge in [-0.15, -0.1) is 0 Å². The number of nitrogens with one attached hydrogen (secondary N) is 3. The average Bonchev–Trinajstić information content (AvgIpc) is 2.86. The molecule has 1 atom stereocenters. The van der Waals surface area contributed by atoms with Crippen LogP contribution in [0.25, 0.3) is 0 Å². The van der Waals surface area contributed by atoms with Gasteiger partial charge in [0.05, 0.1) is 24.6 Å². The number of alkyl carbamates (subject to hydrolysis) is 1. The molecule has 1 fully saturated rings. The summed E-state index contributed by atoms with van der Waals surface area (Å²) in [6, 6.07) is 4.90. The highest BCUT2D eigenvalue weighted by Gasteiger charge is 2.29. The van der Waals surface area contributed by atoms with E-state index < -0.39 is 18.1 Å². The van der Waals surface area contributed by atoms with Crippen LogP contribution in [0.5, 0.6) is 0 Å². The molecule has 0 aromatic heterocycles. The van der Waals surface area contributed by atoms with Gasteiger partial charge >= 0.3 is 12.1 Å². The van der Waals surface area contributed by atoms with Crippen molar-refractivity contribution in [2.75, 3.05) is 50.5 Å². The summed E-state index contributed by atoms with van der Waals surface area (Å²) < 4.78 is 9.74. The van der Waals surface area contributed by atoms with Crippen molar-refractivity contribution in [3.8, 4) is 0 Å². The van der Waals surface area contributed by atoms with Crippen LogP contribution in [0.4, 0.5) is 16.2 Å². The van der Waals surface area contributed by atoms with Crippen molar-refractivity contribution >= 4 is 35.2 Å². The van der Waals surface area contributed by atoms with E-state index >= 15 is 0 Å². The number of piperidine rings is 1. The van der Waals surface area contributed by atoms with Crippen molar-refractivity contribution in [3.63, 3.8) is 0 Å². The second kappa shape index (κ2) is 12.3. The van der Waals surface area contributed by atoms with E-state index in [1.54, 1.807) is 13.8 Å². The van der Waals surface area contributed by atoms with Gasteiger partial charge in [-0.05, 0) is 45.2 Å². The Hall–Kier alpha value is -3.50. The number of amidine groups is 1. The molecule has 0 radical (unpaired) electrons. The lowest BCUT2D eigenvalue weighted by Gasteiger charge is -2.34. The highest BCUT2D eigenvalue weighted by Crippen LogP contribution is 2.31. The second-order valence-corrected chi connectivity index (χ2v) is 8.93. The largest absolute Gasteiger partial charge is 0.467 e. The van der Waals surface area contributed by atoms with Crippen LogP contribution in [0.1, 0.15) is 38.7 Å². The van der Waals surface area contributed by atoms with Gasteiger partial charge in [-0.2, -0.15) is 0 Å². The van der Waals surface area contributed by atoms with Crippen molar-refractivity contribution in [1.82, 2.24) is 16.0 Å². The number of nitrogen functional groups attached to an aromatic ring is 1. The van der Waals surface area contributed by atoms with E-state index in [9.17, 15) is 14.4 Å². The first-order valence-corrected chi connectivity index (χ1v) is 12.0. The number of esters is 1. The van der Waals surface area contributed by atoms with E-state index in [-0.39, 0.29) is 24.5 Å². The van der Waals surface area contributed by atoms with E-state index in [4.69, 9.17) is 15.2 Å². The minimum atomic E-state index is -1.03. The lowest BCUT2D eigenvalue weighted by Crippen LogP contribution is -2.51. The van der Waals surface area contributed by atoms with Crippen molar-refractivity contribution < 1.29 is 23.9 Å². The van der Waals surface area contributed by atoms with Crippen molar-refractivity contribution in [1.29, 1.82) is 0 Å². The third-order valence-electron chi connectivity index (χ3n) is 6.04. The number of hydrogen-bond acceptors (Lipinski definition) is 9. The molecule has 0 bridgehead atoms. The molecule has 0 unspecified atom stereocenters. The number of nitrogens with two attached hydrogens (primary N) is 1. The van der Waals surface area contributed by atoms with Gasteiger partial charge in [0.1, 0.15) is 11.9 Å². The number of ether oxygens (including phenoxy) is 2. The maximum absolute atomic E-state index is 12.8. The monoisotopic (exact) mass is 488 g/mol. The van der Waals surface area contributed by atoms with Crippen LogP contribution in [-0.2, 0) is 19.1 Å². The van der Waals surface area contributed by atoms with Gasteiger partial charge in [-0.1, -0.05) is 6.07 Å². The molecule has 2 aliphatic heterocycles. The van der Waals surface area contributed by atoms with Gasteiger partial charge in [0, 0.05) is 44.2 Å². The number of benzene rings is 1. The smallest absolute Gasteiger partial charge is 0.408 e. The fraction of sp³-hybridized carbons (Fsp3) is 0.583. The van der Waals surface area contributed by atoms with E-state index in [0.717, 1.165) is 36.6 Å². The van der Waals surface area contributed by atoms with E-state index in [0.29, 0.717) is 31.6 Å². The van der Waals surface area contributed by atoms with Crippen LogP contribution in [0, 0.1) is 5.92 Å². The minimum absolute atomic E-state index is 0.0803. The maximum atomic E-state index is 12.8. The van der Waals surface area contributed by atoms with Crippen molar-refractivity contribution in [2.45, 2.75) is 45.3 Å². The van der Waals surface area contributed by atoms with Gasteiger partial charge < -0.3 is 36.1 Å². The zero-order valence-corrected chi connectivity index (χ0v) is 20.6. The summed E-state index contributed by atoms with van der Waals surface area (Å²) in [6.07, 6.45) is 1.21. The Morgan fingerprint density at radius 1 is 1.26 bits per heavy atom. The number of para-hydroxylation sites is 1. The number of hydrogen-bond donors (Lipinski definition) is 4. The Morgan fingerprint density at radius 3 is 2.63 bits per heavy atom. The fourth-order valence-corrected chi connectivity index (χ4v) is 4.20. The molecule has 2 amide bonds. The number of methoxy groups -OCH3 is 1. The van der Waals surface area contributed by atoms with Crippen LogP contribution < -0.4 is 26.6 Å². The predicted octanol–water partition coefficient (Wildman–Crippen LogP) is 1.02. The molecule has 1 aromatic carbocycles. The van der Waals surface area contributed by atoms with Crippen molar-refractivity contribution in [3.05, 3.63) is 23.8 Å². The highest BCUT2D eigenvalue weighted by atomic mass is 16.6. The topological polar surface area (TPSA) is 147 Å². The zero-order chi connectivity index (χ0) is 25.4. The van der Waals surface area contributed by atoms with Gasteiger partial charge in [0.25, 0.3) is 0 Å². The molecule has 192 valence electrons. The summed E-state index contributed by atoms with van der Waals surface area (Å²) in [7, 11) is 1.22. The molecule has 2 aliphatic rings. The summed E-state index contributed by atoms with van der Waals surface area (Å²) in [5.74, 6) is -0.204. The average molecular weight is 489 g/mol. The van der Waals surface area contributed by atoms with Gasteiger partial charge in [-0.25, -0.2) is 9.59 Å². The molecule has 0 aliphatic carbocycles. The standard InChI is InChI=1S/C24H36N6O5/c1-15(2)35-24(33)29-18(23(32)34-3)14-28-22(31)16-8-12-30(13-9-16)19-7-4-6-17(20(19)25)21-26-10-5-11-27-21/h4,6-7,15-16,18H,5,8-14,25H2,1-3H3,(H,26,27)(H,28,31)(H,29,33)/t18-/m0/s1. The molecule has 1 aromatic rings. The molecule has 3 rings (SSSR count). The number of carbonyl (C=O) groups excluding carboxylic acids is 3. The molecular formula is C24H36N6O5. The number of amides is 2. The van der Waals surface area contributed by atoms with Crippen molar-refractivity contribution in [2.24, 2.45) is 10.9 Å². The summed E-state index contributed by atoms with van der Waals surface area (Å²) in [5, 5.41) is 8.52. The normalized spacial score (nSPS) is 17.1. The third-order valence-corrected chi connectivity index (χ3v) is 6.04. The molecule has 2 heterocycles. The molecule has 11 heteroatoms. The first kappa shape index (κ1) is 26.1. The third kappa shape index (κ3) is 7.00. The number of aliphatic imine (C=N–C) groups is 1. The van der Waals surface area contributed by atoms with Crippen LogP contribution in [0.3, 0.4) is 0 Å². The minimum Gasteiger partial charge on any atom is -0.467 e. The molecule has 11 nitrogen and oxygen atoms in total. The first-order valence-electron chi connectivity index (χ1n) is 12.0. The van der Waals surface area contributed by atoms with Crippen LogP contribution in [0.2, 0.25) is 0 Å². The molecule has 1 saturated heterocycles. The van der Waals surface area contributed by atoms with Gasteiger partial charge in [0.15, 0.2) is 0 Å². The molecule has 0 spiro atoms. The number of nitrogens with zero attached hydrogens (tertiary/aromatic N) is 2. The SMILES string of the molecule is COC(=O)[C@H](CNC(=O)C1CCN(c2cccc(C3=NCCCN3)c2N)CC1)NC(=O)OC(C)C. The predicted molar refractivity (Wildman–Crippen MR) is 133 cm³/mol. The number of rotatable bonds is 8. The molecule has 35 heavy (non-hydrogen) atoms. The van der Waals surface area contributed by atoms with E-state index in [1.165, 1.54) is 7.11 Å². The highest BCUT2D eigenvalue weighted by molar-refractivity contribution is 6.05. The van der Waals surface area contributed by atoms with Crippen LogP contribution >= 0.6 is 0 Å². The Kier molecular flexibility index (Phi) is 9.16. The Balaban J connectivity index is 1.54. The quantitative estimate of drug-likeness (QED) is 0.313. The van der Waals surface area contributed by atoms with E-state index in [2.05, 4.69) is 25.8 Å². The molecule has 5 N–H and O–H groups in total. The maximum Gasteiger partial charge on any atom is 0.408 e.